The van der Waals surface area contributed by atoms with Crippen LogP contribution in [0.1, 0.15) is 11.7 Å². The van der Waals surface area contributed by atoms with Crippen molar-refractivity contribution in [3.05, 3.63) is 54.4 Å². The highest BCUT2D eigenvalue weighted by molar-refractivity contribution is 5.90. The Morgan fingerprint density at radius 1 is 1.24 bits per heavy atom. The summed E-state index contributed by atoms with van der Waals surface area (Å²) in [5.74, 6) is -0.457. The van der Waals surface area contributed by atoms with Crippen molar-refractivity contribution in [1.82, 2.24) is 34.9 Å². The number of benzene rings is 1. The molecule has 10 heteroatoms. The van der Waals surface area contributed by atoms with Gasteiger partial charge in [0.1, 0.15) is 18.1 Å². The lowest BCUT2D eigenvalue weighted by Gasteiger charge is -2.38. The summed E-state index contributed by atoms with van der Waals surface area (Å²) in [6.45, 7) is 1.42. The second-order valence-corrected chi connectivity index (χ2v) is 5.72. The smallest absolute Gasteiger partial charge is 0.320 e. The van der Waals surface area contributed by atoms with Gasteiger partial charge in [-0.25, -0.2) is 13.9 Å². The predicted molar refractivity (Wildman–Crippen MR) is 85.2 cm³/mol. The Hall–Kier alpha value is -3.30. The van der Waals surface area contributed by atoms with Crippen molar-refractivity contribution in [1.29, 1.82) is 0 Å². The number of nitrogens with one attached hydrogen (secondary N) is 1. The van der Waals surface area contributed by atoms with Crippen LogP contribution in [0.3, 0.4) is 0 Å². The van der Waals surface area contributed by atoms with E-state index in [-0.39, 0.29) is 17.8 Å². The molecule has 1 aromatic carbocycles. The molecule has 0 radical (unpaired) electrons. The van der Waals surface area contributed by atoms with Crippen molar-refractivity contribution < 1.29 is 9.18 Å². The van der Waals surface area contributed by atoms with Crippen LogP contribution in [0, 0.1) is 5.82 Å². The number of para-hydroxylation sites is 1. The molecule has 0 bridgehead atoms. The summed E-state index contributed by atoms with van der Waals surface area (Å²) in [6, 6.07) is 5.80. The summed E-state index contributed by atoms with van der Waals surface area (Å²) < 4.78 is 15.3. The van der Waals surface area contributed by atoms with Gasteiger partial charge < -0.3 is 10.2 Å². The van der Waals surface area contributed by atoms with Gasteiger partial charge in [-0.3, -0.25) is 0 Å². The molecule has 128 valence electrons. The SMILES string of the molecule is O=C(Nc1ccccc1F)N1CC(n2cc(Cn3nccn3)nn2)C1. The van der Waals surface area contributed by atoms with Crippen LogP contribution in [-0.2, 0) is 6.54 Å². The second kappa shape index (κ2) is 6.30. The summed E-state index contributed by atoms with van der Waals surface area (Å²) >= 11 is 0. The van der Waals surface area contributed by atoms with Crippen molar-refractivity contribution in [3.8, 4) is 0 Å². The monoisotopic (exact) mass is 342 g/mol. The van der Waals surface area contributed by atoms with Crippen molar-refractivity contribution in [2.75, 3.05) is 18.4 Å². The highest BCUT2D eigenvalue weighted by Gasteiger charge is 2.33. The third-order valence-electron chi connectivity index (χ3n) is 3.97. The first-order chi connectivity index (χ1) is 12.2. The van der Waals surface area contributed by atoms with E-state index < -0.39 is 5.82 Å². The lowest BCUT2D eigenvalue weighted by molar-refractivity contribution is 0.127. The number of carbonyl (C=O) groups excluding carboxylic acids is 1. The molecule has 3 aromatic rings. The molecule has 1 saturated heterocycles. The van der Waals surface area contributed by atoms with Crippen molar-refractivity contribution in [3.63, 3.8) is 0 Å². The molecule has 2 amide bonds. The predicted octanol–water partition coefficient (Wildman–Crippen LogP) is 1.15. The van der Waals surface area contributed by atoms with Gasteiger partial charge in [-0.05, 0) is 12.1 Å². The number of rotatable bonds is 4. The van der Waals surface area contributed by atoms with Crippen LogP contribution >= 0.6 is 0 Å². The Kier molecular flexibility index (Phi) is 3.84. The molecule has 4 rings (SSSR count). The fourth-order valence-corrected chi connectivity index (χ4v) is 2.58. The zero-order chi connectivity index (χ0) is 17.2. The summed E-state index contributed by atoms with van der Waals surface area (Å²) in [7, 11) is 0. The first kappa shape index (κ1) is 15.2. The van der Waals surface area contributed by atoms with Crippen molar-refractivity contribution in [2.45, 2.75) is 12.6 Å². The molecule has 25 heavy (non-hydrogen) atoms. The number of urea groups is 1. The third kappa shape index (κ3) is 3.18. The molecule has 9 nitrogen and oxygen atoms in total. The average molecular weight is 342 g/mol. The van der Waals surface area contributed by atoms with E-state index in [0.717, 1.165) is 5.69 Å². The van der Waals surface area contributed by atoms with E-state index in [1.54, 1.807) is 34.1 Å². The van der Waals surface area contributed by atoms with Crippen LogP contribution in [0.2, 0.25) is 0 Å². The van der Waals surface area contributed by atoms with Gasteiger partial charge in [-0.2, -0.15) is 15.0 Å². The van der Waals surface area contributed by atoms with Crippen LogP contribution in [-0.4, -0.2) is 54.0 Å². The van der Waals surface area contributed by atoms with Crippen LogP contribution in [0.5, 0.6) is 0 Å². The van der Waals surface area contributed by atoms with Crippen LogP contribution in [0.15, 0.2) is 42.9 Å². The van der Waals surface area contributed by atoms with Crippen LogP contribution < -0.4 is 5.32 Å². The number of carbonyl (C=O) groups is 1. The van der Waals surface area contributed by atoms with E-state index in [2.05, 4.69) is 25.8 Å². The Labute approximate surface area is 142 Å². The zero-order valence-electron chi connectivity index (χ0n) is 13.2. The normalized spacial score (nSPS) is 14.4. The number of aromatic nitrogens is 6. The fourth-order valence-electron chi connectivity index (χ4n) is 2.58. The van der Waals surface area contributed by atoms with Gasteiger partial charge in [0.25, 0.3) is 0 Å². The maximum atomic E-state index is 13.6. The number of hydrogen-bond donors (Lipinski definition) is 1. The summed E-state index contributed by atoms with van der Waals surface area (Å²) in [4.78, 5) is 15.2. The molecule has 3 heterocycles. The molecule has 0 aliphatic carbocycles. The number of amides is 2. The van der Waals surface area contributed by atoms with Gasteiger partial charge in [0.05, 0.1) is 30.3 Å². The molecule has 1 fully saturated rings. The second-order valence-electron chi connectivity index (χ2n) is 5.72. The standard InChI is InChI=1S/C15H15FN8O/c16-13-3-1-2-4-14(13)19-15(25)22-9-12(10-22)23-7-11(20-21-23)8-24-17-5-6-18-24/h1-7,12H,8-10H2,(H,19,25). The van der Waals surface area contributed by atoms with E-state index in [1.807, 2.05) is 6.20 Å². The Morgan fingerprint density at radius 2 is 2.00 bits per heavy atom. The third-order valence-corrected chi connectivity index (χ3v) is 3.97. The summed E-state index contributed by atoms with van der Waals surface area (Å²) in [5.41, 5.74) is 0.913. The fraction of sp³-hybridized carbons (Fsp3) is 0.267. The molecule has 0 saturated carbocycles. The highest BCUT2D eigenvalue weighted by atomic mass is 19.1. The van der Waals surface area contributed by atoms with Gasteiger partial charge in [-0.1, -0.05) is 17.3 Å². The van der Waals surface area contributed by atoms with E-state index in [9.17, 15) is 9.18 Å². The van der Waals surface area contributed by atoms with Gasteiger partial charge in [0, 0.05) is 13.1 Å². The maximum absolute atomic E-state index is 13.6. The number of likely N-dealkylation sites (tertiary alicyclic amines) is 1. The average Bonchev–Trinajstić information content (AvgIpc) is 3.21. The lowest BCUT2D eigenvalue weighted by atomic mass is 10.1. The minimum absolute atomic E-state index is 0.0539. The Balaban J connectivity index is 1.32. The molecular formula is C15H15FN8O. The van der Waals surface area contributed by atoms with Gasteiger partial charge in [0.15, 0.2) is 0 Å². The molecule has 0 spiro atoms. The van der Waals surface area contributed by atoms with E-state index in [0.29, 0.717) is 19.6 Å². The molecule has 1 aliphatic rings. The molecule has 0 atom stereocenters. The minimum Gasteiger partial charge on any atom is -0.320 e. The number of anilines is 1. The first-order valence-corrected chi connectivity index (χ1v) is 7.74. The Morgan fingerprint density at radius 3 is 2.76 bits per heavy atom. The number of nitrogens with zero attached hydrogens (tertiary/aromatic N) is 7. The van der Waals surface area contributed by atoms with Gasteiger partial charge >= 0.3 is 6.03 Å². The molecule has 0 unspecified atom stereocenters. The molecule has 2 aromatic heterocycles. The molecular weight excluding hydrogens is 327 g/mol. The largest absolute Gasteiger partial charge is 0.322 e. The quantitative estimate of drug-likeness (QED) is 0.767. The van der Waals surface area contributed by atoms with E-state index in [4.69, 9.17) is 0 Å². The Bertz CT molecular complexity index is 871. The van der Waals surface area contributed by atoms with E-state index >= 15 is 0 Å². The maximum Gasteiger partial charge on any atom is 0.322 e. The van der Waals surface area contributed by atoms with Crippen LogP contribution in [0.4, 0.5) is 14.9 Å². The summed E-state index contributed by atoms with van der Waals surface area (Å²) in [6.07, 6.45) is 5.02. The number of halogens is 1. The summed E-state index contributed by atoms with van der Waals surface area (Å²) in [5, 5.41) is 18.8. The van der Waals surface area contributed by atoms with E-state index in [1.165, 1.54) is 16.9 Å². The zero-order valence-corrected chi connectivity index (χ0v) is 13.2. The van der Waals surface area contributed by atoms with Crippen LogP contribution in [0.25, 0.3) is 0 Å². The van der Waals surface area contributed by atoms with Crippen molar-refractivity contribution in [2.24, 2.45) is 0 Å². The van der Waals surface area contributed by atoms with Crippen molar-refractivity contribution >= 4 is 11.7 Å². The highest BCUT2D eigenvalue weighted by Crippen LogP contribution is 2.22. The number of hydrogen-bond acceptors (Lipinski definition) is 5. The minimum atomic E-state index is -0.457. The van der Waals surface area contributed by atoms with Gasteiger partial charge in [-0.15, -0.1) is 5.10 Å². The van der Waals surface area contributed by atoms with Gasteiger partial charge in [0.2, 0.25) is 0 Å². The molecule has 1 aliphatic heterocycles. The topological polar surface area (TPSA) is 93.8 Å². The first-order valence-electron chi connectivity index (χ1n) is 7.74. The molecule has 1 N–H and O–H groups in total. The lowest BCUT2D eigenvalue weighted by Crippen LogP contribution is -2.52.